The van der Waals surface area contributed by atoms with Gasteiger partial charge >= 0.3 is 0 Å². The Morgan fingerprint density at radius 3 is 2.61 bits per heavy atom. The van der Waals surface area contributed by atoms with Crippen LogP contribution in [0.1, 0.15) is 49.8 Å². The summed E-state index contributed by atoms with van der Waals surface area (Å²) in [6, 6.07) is 17.0. The zero-order valence-electron chi connectivity index (χ0n) is 19.7. The summed E-state index contributed by atoms with van der Waals surface area (Å²) >= 11 is 0. The van der Waals surface area contributed by atoms with Crippen LogP contribution in [0.3, 0.4) is 0 Å². The van der Waals surface area contributed by atoms with Crippen LogP contribution in [0.25, 0.3) is 22.0 Å². The van der Waals surface area contributed by atoms with Gasteiger partial charge in [-0.25, -0.2) is 0 Å². The Morgan fingerprint density at radius 1 is 1.15 bits per heavy atom. The van der Waals surface area contributed by atoms with E-state index in [1.165, 1.54) is 16.7 Å². The van der Waals surface area contributed by atoms with Crippen LogP contribution in [0.4, 0.5) is 0 Å². The van der Waals surface area contributed by atoms with Crippen molar-refractivity contribution in [3.05, 3.63) is 65.9 Å². The van der Waals surface area contributed by atoms with Gasteiger partial charge in [-0.2, -0.15) is 0 Å². The highest BCUT2D eigenvalue weighted by Crippen LogP contribution is 2.36. The Bertz CT molecular complexity index is 1070. The van der Waals surface area contributed by atoms with Crippen molar-refractivity contribution in [2.45, 2.75) is 45.6 Å². The molecule has 174 valence electrons. The summed E-state index contributed by atoms with van der Waals surface area (Å²) in [6.07, 6.45) is 4.89. The van der Waals surface area contributed by atoms with E-state index in [-0.39, 0.29) is 18.6 Å². The minimum absolute atomic E-state index is 0.0242. The monoisotopic (exact) mass is 446 g/mol. The number of fused-ring (bicyclic) bond motifs is 1. The maximum atomic E-state index is 12.1. The van der Waals surface area contributed by atoms with Gasteiger partial charge in [0.2, 0.25) is 5.91 Å². The Kier molecular flexibility index (Phi) is 7.73. The standard InChI is InChI=1S/C28H34N2O3/c1-3-26(32)30-16-13-24(14-17-30)28(33-19-5-18-31)23-9-7-21(8-10-23)25-12-11-22-6-4-15-29-27(22)20(25)2/h4,6-12,15,24,28,31H,3,5,13-14,16-19H2,1-2H3. The van der Waals surface area contributed by atoms with E-state index in [1.807, 2.05) is 24.1 Å². The normalized spacial score (nSPS) is 15.7. The van der Waals surface area contributed by atoms with Gasteiger partial charge in [0.25, 0.3) is 0 Å². The molecule has 4 rings (SSSR count). The number of piperidine rings is 1. The zero-order chi connectivity index (χ0) is 23.2. The van der Waals surface area contributed by atoms with Gasteiger partial charge in [0.05, 0.1) is 11.6 Å². The summed E-state index contributed by atoms with van der Waals surface area (Å²) in [4.78, 5) is 18.6. The molecule has 1 aliphatic heterocycles. The zero-order valence-corrected chi connectivity index (χ0v) is 19.7. The first-order valence-corrected chi connectivity index (χ1v) is 12.1. The van der Waals surface area contributed by atoms with Gasteiger partial charge in [0, 0.05) is 44.3 Å². The van der Waals surface area contributed by atoms with E-state index >= 15 is 0 Å². The predicted octanol–water partition coefficient (Wildman–Crippen LogP) is 5.30. The van der Waals surface area contributed by atoms with E-state index in [0.29, 0.717) is 25.4 Å². The molecule has 1 amide bonds. The van der Waals surface area contributed by atoms with Crippen molar-refractivity contribution in [2.24, 2.45) is 5.92 Å². The van der Waals surface area contributed by atoms with Crippen LogP contribution in [0.15, 0.2) is 54.7 Å². The molecule has 2 aromatic carbocycles. The maximum Gasteiger partial charge on any atom is 0.222 e. The fourth-order valence-corrected chi connectivity index (χ4v) is 4.91. The minimum atomic E-state index is -0.0242. The minimum Gasteiger partial charge on any atom is -0.396 e. The third-order valence-corrected chi connectivity index (χ3v) is 6.80. The number of carbonyl (C=O) groups excluding carboxylic acids is 1. The van der Waals surface area contributed by atoms with Crippen molar-refractivity contribution in [2.75, 3.05) is 26.3 Å². The van der Waals surface area contributed by atoms with E-state index < -0.39 is 0 Å². The number of aliphatic hydroxyl groups is 1. The number of benzene rings is 2. The van der Waals surface area contributed by atoms with Crippen molar-refractivity contribution < 1.29 is 14.6 Å². The molecule has 1 saturated heterocycles. The Morgan fingerprint density at radius 2 is 1.91 bits per heavy atom. The number of carbonyl (C=O) groups is 1. The number of hydrogen-bond acceptors (Lipinski definition) is 4. The van der Waals surface area contributed by atoms with E-state index in [4.69, 9.17) is 4.74 Å². The number of aryl methyl sites for hydroxylation is 1. The van der Waals surface area contributed by atoms with Gasteiger partial charge in [-0.05, 0) is 60.4 Å². The van der Waals surface area contributed by atoms with Crippen molar-refractivity contribution in [1.82, 2.24) is 9.88 Å². The SMILES string of the molecule is CCC(=O)N1CCC(C(OCCCO)c2ccc(-c3ccc4cccnc4c3C)cc2)CC1. The van der Waals surface area contributed by atoms with Crippen molar-refractivity contribution >= 4 is 16.8 Å². The number of hydrogen-bond donors (Lipinski definition) is 1. The quantitative estimate of drug-likeness (QED) is 0.477. The molecule has 5 nitrogen and oxygen atoms in total. The van der Waals surface area contributed by atoms with E-state index in [2.05, 4.69) is 54.4 Å². The first-order valence-electron chi connectivity index (χ1n) is 12.1. The molecule has 1 fully saturated rings. The molecule has 1 aliphatic rings. The number of nitrogens with zero attached hydrogens (tertiary/aromatic N) is 2. The van der Waals surface area contributed by atoms with E-state index in [0.717, 1.165) is 42.4 Å². The second kappa shape index (κ2) is 10.9. The number of ether oxygens (including phenoxy) is 1. The maximum absolute atomic E-state index is 12.1. The number of aromatic nitrogens is 1. The lowest BCUT2D eigenvalue weighted by molar-refractivity contribution is -0.133. The van der Waals surface area contributed by atoms with Crippen LogP contribution in [0, 0.1) is 12.8 Å². The van der Waals surface area contributed by atoms with Crippen LogP contribution >= 0.6 is 0 Å². The average molecular weight is 447 g/mol. The molecule has 0 aliphatic carbocycles. The smallest absolute Gasteiger partial charge is 0.222 e. The molecule has 1 unspecified atom stereocenters. The fourth-order valence-electron chi connectivity index (χ4n) is 4.91. The molecular formula is C28H34N2O3. The van der Waals surface area contributed by atoms with Gasteiger partial charge in [0.1, 0.15) is 0 Å². The fraction of sp³-hybridized carbons (Fsp3) is 0.429. The van der Waals surface area contributed by atoms with Crippen LogP contribution < -0.4 is 0 Å². The van der Waals surface area contributed by atoms with Gasteiger partial charge in [-0.3, -0.25) is 9.78 Å². The average Bonchev–Trinajstić information content (AvgIpc) is 2.87. The highest BCUT2D eigenvalue weighted by Gasteiger charge is 2.29. The predicted molar refractivity (Wildman–Crippen MR) is 132 cm³/mol. The Hall–Kier alpha value is -2.76. The summed E-state index contributed by atoms with van der Waals surface area (Å²) in [6.45, 7) is 6.29. The molecule has 0 spiro atoms. The third-order valence-electron chi connectivity index (χ3n) is 6.80. The number of amides is 1. The number of pyridine rings is 1. The van der Waals surface area contributed by atoms with Crippen molar-refractivity contribution in [1.29, 1.82) is 0 Å². The molecule has 3 aromatic rings. The van der Waals surface area contributed by atoms with Gasteiger partial charge in [-0.1, -0.05) is 49.4 Å². The number of aliphatic hydroxyl groups excluding tert-OH is 1. The summed E-state index contributed by atoms with van der Waals surface area (Å²) < 4.78 is 6.28. The van der Waals surface area contributed by atoms with Crippen molar-refractivity contribution in [3.63, 3.8) is 0 Å². The van der Waals surface area contributed by atoms with Gasteiger partial charge < -0.3 is 14.7 Å². The van der Waals surface area contributed by atoms with Crippen LogP contribution in [-0.2, 0) is 9.53 Å². The van der Waals surface area contributed by atoms with Gasteiger partial charge in [0.15, 0.2) is 0 Å². The highest BCUT2D eigenvalue weighted by atomic mass is 16.5. The summed E-state index contributed by atoms with van der Waals surface area (Å²) in [5, 5.41) is 10.4. The molecule has 0 saturated carbocycles. The van der Waals surface area contributed by atoms with E-state index in [1.54, 1.807) is 0 Å². The summed E-state index contributed by atoms with van der Waals surface area (Å²) in [5.41, 5.74) is 5.74. The molecule has 33 heavy (non-hydrogen) atoms. The van der Waals surface area contributed by atoms with Crippen LogP contribution in [-0.4, -0.2) is 47.2 Å². The molecule has 1 N–H and O–H groups in total. The molecule has 1 aromatic heterocycles. The third kappa shape index (κ3) is 5.26. The topological polar surface area (TPSA) is 62.7 Å². The Labute approximate surface area is 196 Å². The molecule has 5 heteroatoms. The summed E-state index contributed by atoms with van der Waals surface area (Å²) in [7, 11) is 0. The number of likely N-dealkylation sites (tertiary alicyclic amines) is 1. The highest BCUT2D eigenvalue weighted by molar-refractivity contribution is 5.88. The molecule has 1 atom stereocenters. The molecule has 0 radical (unpaired) electrons. The molecule has 2 heterocycles. The molecular weight excluding hydrogens is 412 g/mol. The van der Waals surface area contributed by atoms with Crippen LogP contribution in [0.2, 0.25) is 0 Å². The molecule has 0 bridgehead atoms. The lowest BCUT2D eigenvalue weighted by Crippen LogP contribution is -2.39. The first-order chi connectivity index (χ1) is 16.1. The second-order valence-corrected chi connectivity index (χ2v) is 8.88. The van der Waals surface area contributed by atoms with E-state index in [9.17, 15) is 9.90 Å². The van der Waals surface area contributed by atoms with Crippen molar-refractivity contribution in [3.8, 4) is 11.1 Å². The van der Waals surface area contributed by atoms with Crippen LogP contribution in [0.5, 0.6) is 0 Å². The lowest BCUT2D eigenvalue weighted by Gasteiger charge is -2.36. The first kappa shape index (κ1) is 23.4. The Balaban J connectivity index is 1.55. The largest absolute Gasteiger partial charge is 0.396 e. The number of rotatable bonds is 8. The second-order valence-electron chi connectivity index (χ2n) is 8.88. The van der Waals surface area contributed by atoms with Gasteiger partial charge in [-0.15, -0.1) is 0 Å². The lowest BCUT2D eigenvalue weighted by atomic mass is 9.86. The summed E-state index contributed by atoms with van der Waals surface area (Å²) in [5.74, 6) is 0.595.